The van der Waals surface area contributed by atoms with Gasteiger partial charge in [-0.1, -0.05) is 12.1 Å². The largest absolute Gasteiger partial charge is 0.492 e. The topological polar surface area (TPSA) is 69.1 Å². The van der Waals surface area contributed by atoms with Crippen molar-refractivity contribution in [3.05, 3.63) is 29.8 Å². The number of halogens is 1. The first-order valence-electron chi connectivity index (χ1n) is 9.66. The number of rotatable bonds is 8. The molecule has 1 saturated carbocycles. The maximum atomic E-state index is 9.65. The minimum absolute atomic E-state index is 0. The minimum atomic E-state index is -0.136. The van der Waals surface area contributed by atoms with Crippen molar-refractivity contribution < 1.29 is 9.84 Å². The van der Waals surface area contributed by atoms with E-state index in [1.54, 1.807) is 0 Å². The van der Waals surface area contributed by atoms with Crippen LogP contribution >= 0.6 is 24.0 Å². The monoisotopic (exact) mass is 490 g/mol. The van der Waals surface area contributed by atoms with Gasteiger partial charge in [0.2, 0.25) is 0 Å². The molecule has 1 aromatic carbocycles. The molecule has 7 heteroatoms. The van der Waals surface area contributed by atoms with Crippen molar-refractivity contribution in [1.29, 1.82) is 0 Å². The molecule has 0 spiro atoms. The van der Waals surface area contributed by atoms with Gasteiger partial charge in [0.15, 0.2) is 5.96 Å². The molecule has 0 aliphatic heterocycles. The van der Waals surface area contributed by atoms with Gasteiger partial charge in [-0.05, 0) is 64.4 Å². The molecule has 6 nitrogen and oxygen atoms in total. The van der Waals surface area contributed by atoms with Crippen LogP contribution in [0.1, 0.15) is 38.2 Å². The molecule has 1 aliphatic rings. The SMILES string of the molecule is CCNC(=NCc1cccc(OCCN(C)C)c1)NC1CCC(O)CC1.I. The van der Waals surface area contributed by atoms with Gasteiger partial charge >= 0.3 is 0 Å². The Morgan fingerprint density at radius 1 is 1.26 bits per heavy atom. The van der Waals surface area contributed by atoms with Gasteiger partial charge in [0.05, 0.1) is 12.6 Å². The molecule has 1 aliphatic carbocycles. The van der Waals surface area contributed by atoms with E-state index in [0.717, 1.165) is 56.0 Å². The molecule has 0 atom stereocenters. The lowest BCUT2D eigenvalue weighted by Gasteiger charge is -2.27. The van der Waals surface area contributed by atoms with Gasteiger partial charge in [-0.3, -0.25) is 0 Å². The maximum Gasteiger partial charge on any atom is 0.191 e. The number of benzene rings is 1. The van der Waals surface area contributed by atoms with Crippen molar-refractivity contribution in [2.45, 2.75) is 51.3 Å². The number of likely N-dealkylation sites (N-methyl/N-ethyl adjacent to an activating group) is 1. The van der Waals surface area contributed by atoms with Gasteiger partial charge in [0, 0.05) is 19.1 Å². The molecule has 27 heavy (non-hydrogen) atoms. The van der Waals surface area contributed by atoms with E-state index < -0.39 is 0 Å². The van der Waals surface area contributed by atoms with Gasteiger partial charge in [-0.15, -0.1) is 24.0 Å². The second kappa shape index (κ2) is 13.2. The van der Waals surface area contributed by atoms with Gasteiger partial charge in [0.25, 0.3) is 0 Å². The first-order valence-corrected chi connectivity index (χ1v) is 9.66. The lowest BCUT2D eigenvalue weighted by Crippen LogP contribution is -2.45. The Hall–Kier alpha value is -1.06. The summed E-state index contributed by atoms with van der Waals surface area (Å²) in [7, 11) is 4.08. The Kier molecular flexibility index (Phi) is 11.7. The van der Waals surface area contributed by atoms with Crippen LogP contribution in [0.3, 0.4) is 0 Å². The van der Waals surface area contributed by atoms with E-state index in [2.05, 4.69) is 34.6 Å². The molecule has 154 valence electrons. The fourth-order valence-corrected chi connectivity index (χ4v) is 2.98. The van der Waals surface area contributed by atoms with Gasteiger partial charge in [0.1, 0.15) is 12.4 Å². The van der Waals surface area contributed by atoms with Crippen LogP contribution in [0.2, 0.25) is 0 Å². The fraction of sp³-hybridized carbons (Fsp3) is 0.650. The zero-order valence-corrected chi connectivity index (χ0v) is 19.1. The van der Waals surface area contributed by atoms with Crippen molar-refractivity contribution in [2.24, 2.45) is 4.99 Å². The van der Waals surface area contributed by atoms with Crippen LogP contribution in [0.15, 0.2) is 29.3 Å². The summed E-state index contributed by atoms with van der Waals surface area (Å²) < 4.78 is 5.80. The number of ether oxygens (including phenoxy) is 1. The average Bonchev–Trinajstić information content (AvgIpc) is 2.62. The number of nitrogens with one attached hydrogen (secondary N) is 2. The highest BCUT2D eigenvalue weighted by molar-refractivity contribution is 14.0. The molecule has 1 aromatic rings. The molecule has 3 N–H and O–H groups in total. The predicted octanol–water partition coefficient (Wildman–Crippen LogP) is 2.60. The predicted molar refractivity (Wildman–Crippen MR) is 122 cm³/mol. The molecular formula is C20H35IN4O2. The fourth-order valence-electron chi connectivity index (χ4n) is 2.98. The minimum Gasteiger partial charge on any atom is -0.492 e. The zero-order chi connectivity index (χ0) is 18.8. The van der Waals surface area contributed by atoms with Crippen molar-refractivity contribution in [3.8, 4) is 5.75 Å². The third-order valence-electron chi connectivity index (χ3n) is 4.51. The molecule has 1 fully saturated rings. The summed E-state index contributed by atoms with van der Waals surface area (Å²) in [5.41, 5.74) is 1.13. The summed E-state index contributed by atoms with van der Waals surface area (Å²) in [5, 5.41) is 16.5. The summed E-state index contributed by atoms with van der Waals surface area (Å²) in [6, 6.07) is 8.51. The third kappa shape index (κ3) is 9.62. The molecule has 2 rings (SSSR count). The number of hydrogen-bond acceptors (Lipinski definition) is 4. The van der Waals surface area contributed by atoms with Crippen molar-refractivity contribution in [1.82, 2.24) is 15.5 Å². The van der Waals surface area contributed by atoms with E-state index >= 15 is 0 Å². The van der Waals surface area contributed by atoms with Crippen LogP contribution in [0.4, 0.5) is 0 Å². The third-order valence-corrected chi connectivity index (χ3v) is 4.51. The molecule has 0 heterocycles. The summed E-state index contributed by atoms with van der Waals surface area (Å²) in [6.45, 7) is 5.08. The quantitative estimate of drug-likeness (QED) is 0.297. The van der Waals surface area contributed by atoms with Crippen LogP contribution in [0, 0.1) is 0 Å². The van der Waals surface area contributed by atoms with Gasteiger partial charge < -0.3 is 25.4 Å². The van der Waals surface area contributed by atoms with Gasteiger partial charge in [-0.25, -0.2) is 4.99 Å². The van der Waals surface area contributed by atoms with E-state index in [1.807, 2.05) is 26.2 Å². The highest BCUT2D eigenvalue weighted by Crippen LogP contribution is 2.18. The highest BCUT2D eigenvalue weighted by atomic mass is 127. The van der Waals surface area contributed by atoms with Crippen molar-refractivity contribution >= 4 is 29.9 Å². The summed E-state index contributed by atoms with van der Waals surface area (Å²) in [5.74, 6) is 1.73. The van der Waals surface area contributed by atoms with Gasteiger partial charge in [-0.2, -0.15) is 0 Å². The second-order valence-corrected chi connectivity index (χ2v) is 7.14. The first-order chi connectivity index (χ1) is 12.6. The highest BCUT2D eigenvalue weighted by Gasteiger charge is 2.19. The number of guanidine groups is 1. The number of aliphatic hydroxyl groups is 1. The lowest BCUT2D eigenvalue weighted by molar-refractivity contribution is 0.120. The maximum absolute atomic E-state index is 9.65. The van der Waals surface area contributed by atoms with E-state index in [0.29, 0.717) is 19.2 Å². The molecule has 0 unspecified atom stereocenters. The summed E-state index contributed by atoms with van der Waals surface area (Å²) in [6.07, 6.45) is 3.57. The van der Waals surface area contributed by atoms with Crippen LogP contribution in [0.5, 0.6) is 5.75 Å². The number of hydrogen-bond donors (Lipinski definition) is 3. The second-order valence-electron chi connectivity index (χ2n) is 7.14. The number of aliphatic hydroxyl groups excluding tert-OH is 1. The Morgan fingerprint density at radius 3 is 2.67 bits per heavy atom. The van der Waals surface area contributed by atoms with E-state index in [-0.39, 0.29) is 30.1 Å². The Balaban J connectivity index is 0.00000364. The molecule has 0 aromatic heterocycles. The van der Waals surface area contributed by atoms with Crippen LogP contribution in [0.25, 0.3) is 0 Å². The molecular weight excluding hydrogens is 455 g/mol. The first kappa shape index (κ1) is 24.0. The summed E-state index contributed by atoms with van der Waals surface area (Å²) >= 11 is 0. The van der Waals surface area contributed by atoms with E-state index in [9.17, 15) is 5.11 Å². The van der Waals surface area contributed by atoms with E-state index in [4.69, 9.17) is 9.73 Å². The smallest absolute Gasteiger partial charge is 0.191 e. The average molecular weight is 490 g/mol. The van der Waals surface area contributed by atoms with E-state index in [1.165, 1.54) is 0 Å². The lowest BCUT2D eigenvalue weighted by atomic mass is 9.93. The Labute approximate surface area is 180 Å². The van der Waals surface area contributed by atoms with Crippen LogP contribution < -0.4 is 15.4 Å². The van der Waals surface area contributed by atoms with Crippen molar-refractivity contribution in [2.75, 3.05) is 33.8 Å². The zero-order valence-electron chi connectivity index (χ0n) is 16.8. The van der Waals surface area contributed by atoms with Crippen LogP contribution in [-0.2, 0) is 6.54 Å². The number of aliphatic imine (C=N–C) groups is 1. The summed E-state index contributed by atoms with van der Waals surface area (Å²) in [4.78, 5) is 6.82. The standard InChI is InChI=1S/C20H34N4O2.HI/c1-4-21-20(23-17-8-10-18(25)11-9-17)22-15-16-6-5-7-19(14-16)26-13-12-24(2)3;/h5-7,14,17-18,25H,4,8-13,15H2,1-3H3,(H2,21,22,23);1H. The molecule has 0 saturated heterocycles. The Bertz CT molecular complexity index is 561. The Morgan fingerprint density at radius 2 is 2.00 bits per heavy atom. The number of nitrogens with zero attached hydrogens (tertiary/aromatic N) is 2. The van der Waals surface area contributed by atoms with Crippen molar-refractivity contribution in [3.63, 3.8) is 0 Å². The molecule has 0 amide bonds. The molecule has 0 radical (unpaired) electrons. The normalized spacial score (nSPS) is 20.1. The molecule has 0 bridgehead atoms. The van der Waals surface area contributed by atoms with Crippen LogP contribution in [-0.4, -0.2) is 61.9 Å².